The first-order chi connectivity index (χ1) is 15.1. The van der Waals surface area contributed by atoms with E-state index in [1.165, 1.54) is 18.1 Å². The minimum atomic E-state index is -0.611. The Hall–Kier alpha value is -3.92. The van der Waals surface area contributed by atoms with Gasteiger partial charge in [0.15, 0.2) is 5.65 Å². The number of para-hydroxylation sites is 1. The van der Waals surface area contributed by atoms with Crippen LogP contribution in [0.3, 0.4) is 0 Å². The molecule has 0 saturated carbocycles. The number of ether oxygens (including phenoxy) is 1. The normalized spacial score (nSPS) is 10.6. The molecule has 9 nitrogen and oxygen atoms in total. The number of rotatable bonds is 6. The van der Waals surface area contributed by atoms with Gasteiger partial charge in [0.1, 0.15) is 17.1 Å². The largest absolute Gasteiger partial charge is 0.497 e. The first-order valence-corrected chi connectivity index (χ1v) is 10.2. The zero-order chi connectivity index (χ0) is 21.6. The average molecular weight is 434 g/mol. The molecule has 4 rings (SSSR count). The smallest absolute Gasteiger partial charge is 0.325 e. The van der Waals surface area contributed by atoms with E-state index in [1.807, 2.05) is 30.3 Å². The van der Waals surface area contributed by atoms with Crippen molar-refractivity contribution in [1.29, 1.82) is 0 Å². The summed E-state index contributed by atoms with van der Waals surface area (Å²) in [6.45, 7) is 0. The molecule has 0 unspecified atom stereocenters. The van der Waals surface area contributed by atoms with Crippen LogP contribution in [0.25, 0.3) is 16.7 Å². The number of urea groups is 1. The van der Waals surface area contributed by atoms with Crippen molar-refractivity contribution in [2.24, 2.45) is 0 Å². The lowest BCUT2D eigenvalue weighted by molar-refractivity contribution is -0.117. The van der Waals surface area contributed by atoms with Crippen molar-refractivity contribution >= 4 is 40.4 Å². The van der Waals surface area contributed by atoms with Gasteiger partial charge in [0.25, 0.3) is 0 Å². The maximum absolute atomic E-state index is 12.2. The minimum absolute atomic E-state index is 0.0126. The number of aromatic nitrogens is 4. The van der Waals surface area contributed by atoms with Gasteiger partial charge in [0.05, 0.1) is 30.1 Å². The molecule has 4 aromatic rings. The molecule has 0 bridgehead atoms. The fourth-order valence-electron chi connectivity index (χ4n) is 2.83. The molecule has 2 heterocycles. The molecular formula is C21H18N6O3S. The third-order valence-electron chi connectivity index (χ3n) is 4.27. The van der Waals surface area contributed by atoms with Crippen molar-refractivity contribution in [3.05, 3.63) is 67.1 Å². The van der Waals surface area contributed by atoms with Gasteiger partial charge in [-0.05, 0) is 36.4 Å². The number of hydrogen-bond donors (Lipinski definition) is 2. The molecule has 2 aromatic heterocycles. The highest BCUT2D eigenvalue weighted by molar-refractivity contribution is 8.00. The Morgan fingerprint density at radius 2 is 1.84 bits per heavy atom. The Kier molecular flexibility index (Phi) is 6.08. The Morgan fingerprint density at radius 1 is 1.06 bits per heavy atom. The van der Waals surface area contributed by atoms with Crippen molar-refractivity contribution in [2.75, 3.05) is 18.2 Å². The van der Waals surface area contributed by atoms with E-state index in [2.05, 4.69) is 25.7 Å². The zero-order valence-electron chi connectivity index (χ0n) is 16.5. The maximum Gasteiger partial charge on any atom is 0.325 e. The summed E-state index contributed by atoms with van der Waals surface area (Å²) >= 11 is 1.21. The summed E-state index contributed by atoms with van der Waals surface area (Å²) in [6, 6.07) is 15.8. The number of imide groups is 1. The summed E-state index contributed by atoms with van der Waals surface area (Å²) in [5.41, 5.74) is 2.06. The summed E-state index contributed by atoms with van der Waals surface area (Å²) in [7, 11) is 1.56. The van der Waals surface area contributed by atoms with E-state index in [0.717, 1.165) is 11.1 Å². The average Bonchev–Trinajstić information content (AvgIpc) is 3.23. The van der Waals surface area contributed by atoms with E-state index in [1.54, 1.807) is 42.3 Å². The number of methoxy groups -OCH3 is 1. The summed E-state index contributed by atoms with van der Waals surface area (Å²) in [5, 5.41) is 10.6. The van der Waals surface area contributed by atoms with Gasteiger partial charge in [-0.15, -0.1) is 0 Å². The van der Waals surface area contributed by atoms with Crippen LogP contribution in [0.2, 0.25) is 0 Å². The Bertz CT molecular complexity index is 1210. The van der Waals surface area contributed by atoms with Crippen LogP contribution in [-0.2, 0) is 4.79 Å². The molecule has 31 heavy (non-hydrogen) atoms. The third-order valence-corrected chi connectivity index (χ3v) is 5.28. The van der Waals surface area contributed by atoms with E-state index in [0.29, 0.717) is 22.1 Å². The first-order valence-electron chi connectivity index (χ1n) is 9.26. The van der Waals surface area contributed by atoms with Gasteiger partial charge in [-0.2, -0.15) is 5.10 Å². The second-order valence-corrected chi connectivity index (χ2v) is 7.29. The van der Waals surface area contributed by atoms with Crippen LogP contribution in [0.1, 0.15) is 0 Å². The molecule has 0 radical (unpaired) electrons. The van der Waals surface area contributed by atoms with E-state index >= 15 is 0 Å². The van der Waals surface area contributed by atoms with Crippen molar-refractivity contribution in [2.45, 2.75) is 5.03 Å². The van der Waals surface area contributed by atoms with Crippen molar-refractivity contribution in [1.82, 2.24) is 25.1 Å². The van der Waals surface area contributed by atoms with Gasteiger partial charge in [-0.25, -0.2) is 19.4 Å². The molecule has 0 aliphatic carbocycles. The molecule has 0 spiro atoms. The molecule has 3 amide bonds. The number of benzene rings is 2. The molecule has 2 aromatic carbocycles. The molecule has 0 saturated heterocycles. The lowest BCUT2D eigenvalue weighted by Gasteiger charge is -2.07. The third kappa shape index (κ3) is 4.81. The number of nitrogens with zero attached hydrogens (tertiary/aromatic N) is 4. The van der Waals surface area contributed by atoms with Crippen LogP contribution in [0.15, 0.2) is 72.1 Å². The van der Waals surface area contributed by atoms with Crippen molar-refractivity contribution in [3.8, 4) is 11.4 Å². The molecule has 0 aliphatic heterocycles. The molecule has 156 valence electrons. The van der Waals surface area contributed by atoms with Crippen LogP contribution in [0.4, 0.5) is 10.5 Å². The van der Waals surface area contributed by atoms with Gasteiger partial charge >= 0.3 is 6.03 Å². The van der Waals surface area contributed by atoms with Crippen LogP contribution in [-0.4, -0.2) is 44.5 Å². The Balaban J connectivity index is 1.38. The van der Waals surface area contributed by atoms with Crippen LogP contribution in [0.5, 0.6) is 5.75 Å². The molecule has 2 N–H and O–H groups in total. The predicted octanol–water partition coefficient (Wildman–Crippen LogP) is 3.26. The number of hydrogen-bond acceptors (Lipinski definition) is 7. The lowest BCUT2D eigenvalue weighted by atomic mass is 10.3. The quantitative estimate of drug-likeness (QED) is 0.354. The monoisotopic (exact) mass is 434 g/mol. The minimum Gasteiger partial charge on any atom is -0.497 e. The number of fused-ring (bicyclic) bond motifs is 1. The Labute approximate surface area is 181 Å². The maximum atomic E-state index is 12.2. The molecule has 10 heteroatoms. The van der Waals surface area contributed by atoms with Gasteiger partial charge in [0, 0.05) is 5.69 Å². The number of carbonyl (C=O) groups excluding carboxylic acids is 2. The first kappa shape index (κ1) is 20.4. The highest BCUT2D eigenvalue weighted by atomic mass is 32.2. The highest BCUT2D eigenvalue weighted by Crippen LogP contribution is 2.25. The van der Waals surface area contributed by atoms with E-state index in [4.69, 9.17) is 4.74 Å². The Morgan fingerprint density at radius 3 is 2.58 bits per heavy atom. The zero-order valence-corrected chi connectivity index (χ0v) is 17.3. The standard InChI is InChI=1S/C21H18N6O3S/c1-30-16-9-7-14(8-10-16)25-21(29)26-18(28)12-31-20-17-11-24-27(19(17)22-13-23-20)15-5-3-2-4-6-15/h2-11,13H,12H2,1H3,(H2,25,26,28,29). The van der Waals surface area contributed by atoms with E-state index in [9.17, 15) is 9.59 Å². The number of amides is 3. The van der Waals surface area contributed by atoms with Gasteiger partial charge in [-0.3, -0.25) is 10.1 Å². The van der Waals surface area contributed by atoms with E-state index < -0.39 is 11.9 Å². The molecular weight excluding hydrogens is 416 g/mol. The predicted molar refractivity (Wildman–Crippen MR) is 118 cm³/mol. The van der Waals surface area contributed by atoms with Gasteiger partial charge in [0.2, 0.25) is 5.91 Å². The summed E-state index contributed by atoms with van der Waals surface area (Å²) < 4.78 is 6.78. The van der Waals surface area contributed by atoms with Crippen LogP contribution >= 0.6 is 11.8 Å². The summed E-state index contributed by atoms with van der Waals surface area (Å²) in [4.78, 5) is 32.8. The highest BCUT2D eigenvalue weighted by Gasteiger charge is 2.14. The van der Waals surface area contributed by atoms with Crippen LogP contribution < -0.4 is 15.4 Å². The number of anilines is 1. The van der Waals surface area contributed by atoms with E-state index in [-0.39, 0.29) is 5.75 Å². The second kappa shape index (κ2) is 9.26. The molecule has 0 fully saturated rings. The SMILES string of the molecule is COc1ccc(NC(=O)NC(=O)CSc2ncnc3c2cnn3-c2ccccc2)cc1. The summed E-state index contributed by atoms with van der Waals surface area (Å²) in [5.74, 6) is 0.238. The molecule has 0 aliphatic rings. The van der Waals surface area contributed by atoms with Crippen LogP contribution in [0, 0.1) is 0 Å². The fourth-order valence-corrected chi connectivity index (χ4v) is 3.59. The second-order valence-electron chi connectivity index (χ2n) is 6.33. The lowest BCUT2D eigenvalue weighted by Crippen LogP contribution is -2.35. The topological polar surface area (TPSA) is 111 Å². The number of nitrogens with one attached hydrogen (secondary N) is 2. The number of thioether (sulfide) groups is 1. The van der Waals surface area contributed by atoms with Gasteiger partial charge < -0.3 is 10.1 Å². The van der Waals surface area contributed by atoms with Crippen molar-refractivity contribution in [3.63, 3.8) is 0 Å². The summed E-state index contributed by atoms with van der Waals surface area (Å²) in [6.07, 6.45) is 3.10. The molecule has 0 atom stereocenters. The number of carbonyl (C=O) groups is 2. The van der Waals surface area contributed by atoms with Crippen molar-refractivity contribution < 1.29 is 14.3 Å². The fraction of sp³-hybridized carbons (Fsp3) is 0.0952. The van der Waals surface area contributed by atoms with Gasteiger partial charge in [-0.1, -0.05) is 30.0 Å².